The van der Waals surface area contributed by atoms with Crippen LogP contribution in [0.25, 0.3) is 0 Å². The Labute approximate surface area is 154 Å². The molecule has 1 N–H and O–H groups in total. The van der Waals surface area contributed by atoms with Crippen LogP contribution >= 0.6 is 31.9 Å². The van der Waals surface area contributed by atoms with Crippen molar-refractivity contribution in [3.05, 3.63) is 28.2 Å². The first-order valence-corrected chi connectivity index (χ1v) is 10.3. The topological polar surface area (TPSA) is 72.5 Å². The first kappa shape index (κ1) is 20.6. The Kier molecular flexibility index (Phi) is 6.46. The third-order valence-corrected chi connectivity index (χ3v) is 5.61. The van der Waals surface area contributed by atoms with Crippen LogP contribution in [0.4, 0.5) is 0 Å². The van der Waals surface area contributed by atoms with Crippen molar-refractivity contribution in [2.24, 2.45) is 0 Å². The number of ether oxygens (including phenoxy) is 1. The Balaban J connectivity index is 3.13. The quantitative estimate of drug-likeness (QED) is 0.525. The average Bonchev–Trinajstić information content (AvgIpc) is 2.34. The molecule has 0 atom stereocenters. The van der Waals surface area contributed by atoms with E-state index >= 15 is 0 Å². The highest BCUT2D eigenvalue weighted by Gasteiger charge is 2.37. The Morgan fingerprint density at radius 1 is 1.22 bits per heavy atom. The summed E-state index contributed by atoms with van der Waals surface area (Å²) in [7, 11) is -3.88. The first-order valence-electron chi connectivity index (χ1n) is 6.90. The number of benzene rings is 1. The average molecular weight is 471 g/mol. The normalized spacial score (nSPS) is 13.0. The summed E-state index contributed by atoms with van der Waals surface area (Å²) in [6.07, 6.45) is 0. The van der Waals surface area contributed by atoms with Gasteiger partial charge in [0.15, 0.2) is 0 Å². The molecule has 0 bridgehead atoms. The largest absolute Gasteiger partial charge is 0.459 e. The van der Waals surface area contributed by atoms with Crippen molar-refractivity contribution in [2.75, 3.05) is 0 Å². The molecule has 1 rings (SSSR count). The first-order chi connectivity index (χ1) is 10.3. The van der Waals surface area contributed by atoms with Gasteiger partial charge in [0, 0.05) is 9.80 Å². The summed E-state index contributed by atoms with van der Waals surface area (Å²) in [6, 6.07) is 4.85. The minimum absolute atomic E-state index is 0.120. The summed E-state index contributed by atoms with van der Waals surface area (Å²) in [5.41, 5.74) is -1.49. The van der Waals surface area contributed by atoms with Gasteiger partial charge in [-0.3, -0.25) is 4.79 Å². The van der Waals surface area contributed by atoms with Gasteiger partial charge >= 0.3 is 5.97 Å². The number of esters is 1. The van der Waals surface area contributed by atoms with Crippen LogP contribution in [0.15, 0.2) is 27.6 Å². The molecule has 130 valence electrons. The SMILES string of the molecule is CC(C)(C)OC(=O)C(C)(C)NS(=O)(=O)c1ccc(Br)cc1CBr. The summed E-state index contributed by atoms with van der Waals surface area (Å²) in [6.45, 7) is 8.14. The van der Waals surface area contributed by atoms with Crippen molar-refractivity contribution >= 4 is 47.9 Å². The van der Waals surface area contributed by atoms with E-state index in [1.54, 1.807) is 32.9 Å². The molecule has 0 heterocycles. The molecule has 23 heavy (non-hydrogen) atoms. The monoisotopic (exact) mass is 469 g/mol. The predicted molar refractivity (Wildman–Crippen MR) is 97.0 cm³/mol. The fourth-order valence-corrected chi connectivity index (χ4v) is 4.40. The number of sulfonamides is 1. The van der Waals surface area contributed by atoms with Crippen LogP contribution in [0.3, 0.4) is 0 Å². The molecule has 0 saturated carbocycles. The molecular weight excluding hydrogens is 450 g/mol. The van der Waals surface area contributed by atoms with E-state index in [2.05, 4.69) is 36.6 Å². The Morgan fingerprint density at radius 2 is 1.78 bits per heavy atom. The summed E-state index contributed by atoms with van der Waals surface area (Å²) in [5, 5.41) is 0.371. The molecular formula is C15H21Br2NO4S. The minimum atomic E-state index is -3.88. The Morgan fingerprint density at radius 3 is 2.26 bits per heavy atom. The van der Waals surface area contributed by atoms with Gasteiger partial charge < -0.3 is 4.74 Å². The molecule has 1 aromatic carbocycles. The van der Waals surface area contributed by atoms with Crippen molar-refractivity contribution in [3.8, 4) is 0 Å². The van der Waals surface area contributed by atoms with Crippen molar-refractivity contribution < 1.29 is 17.9 Å². The van der Waals surface area contributed by atoms with Gasteiger partial charge in [-0.2, -0.15) is 4.72 Å². The Bertz CT molecular complexity index is 694. The van der Waals surface area contributed by atoms with Gasteiger partial charge in [-0.05, 0) is 58.4 Å². The van der Waals surface area contributed by atoms with E-state index in [0.29, 0.717) is 10.9 Å². The van der Waals surface area contributed by atoms with E-state index in [0.717, 1.165) is 4.47 Å². The van der Waals surface area contributed by atoms with Crippen LogP contribution in [0, 0.1) is 0 Å². The summed E-state index contributed by atoms with van der Waals surface area (Å²) in [4.78, 5) is 12.4. The highest BCUT2D eigenvalue weighted by atomic mass is 79.9. The highest BCUT2D eigenvalue weighted by Crippen LogP contribution is 2.25. The predicted octanol–water partition coefficient (Wildman–Crippen LogP) is 3.74. The Hall–Kier alpha value is -0.440. The number of alkyl halides is 1. The zero-order chi connectivity index (χ0) is 18.1. The number of hydrogen-bond donors (Lipinski definition) is 1. The molecule has 0 fully saturated rings. The summed E-state index contributed by atoms with van der Waals surface area (Å²) in [5.74, 6) is -0.633. The van der Waals surface area contributed by atoms with Crippen LogP contribution in [0.5, 0.6) is 0 Å². The molecule has 0 aromatic heterocycles. The van der Waals surface area contributed by atoms with Gasteiger partial charge in [0.1, 0.15) is 11.1 Å². The van der Waals surface area contributed by atoms with Gasteiger partial charge in [0.05, 0.1) is 4.90 Å². The molecule has 0 amide bonds. The maximum absolute atomic E-state index is 12.7. The third kappa shape index (κ3) is 5.85. The van der Waals surface area contributed by atoms with Crippen molar-refractivity contribution in [1.82, 2.24) is 4.72 Å². The number of halogens is 2. The van der Waals surface area contributed by atoms with Gasteiger partial charge in [-0.25, -0.2) is 8.42 Å². The van der Waals surface area contributed by atoms with E-state index < -0.39 is 27.1 Å². The lowest BCUT2D eigenvalue weighted by atomic mass is 10.1. The zero-order valence-electron chi connectivity index (χ0n) is 13.7. The smallest absolute Gasteiger partial charge is 0.327 e. The molecule has 0 aliphatic rings. The minimum Gasteiger partial charge on any atom is -0.459 e. The van der Waals surface area contributed by atoms with Crippen molar-refractivity contribution in [1.29, 1.82) is 0 Å². The summed E-state index contributed by atoms with van der Waals surface area (Å²) < 4.78 is 33.8. The fourth-order valence-electron chi connectivity index (χ4n) is 1.75. The number of carbonyl (C=O) groups excluding carboxylic acids is 1. The maximum atomic E-state index is 12.7. The van der Waals surface area contributed by atoms with Crippen LogP contribution in [0.2, 0.25) is 0 Å². The lowest BCUT2D eigenvalue weighted by Crippen LogP contribution is -2.52. The van der Waals surface area contributed by atoms with Crippen molar-refractivity contribution in [2.45, 2.75) is 56.0 Å². The molecule has 0 aliphatic carbocycles. The second-order valence-corrected chi connectivity index (χ2v) is 9.75. The van der Waals surface area contributed by atoms with Crippen LogP contribution in [-0.4, -0.2) is 25.5 Å². The zero-order valence-corrected chi connectivity index (χ0v) is 17.7. The van der Waals surface area contributed by atoms with Gasteiger partial charge in [-0.1, -0.05) is 31.9 Å². The number of nitrogens with one attached hydrogen (secondary N) is 1. The van der Waals surface area contributed by atoms with Crippen LogP contribution < -0.4 is 4.72 Å². The lowest BCUT2D eigenvalue weighted by Gasteiger charge is -2.29. The molecule has 0 saturated heterocycles. The highest BCUT2D eigenvalue weighted by molar-refractivity contribution is 9.10. The fraction of sp³-hybridized carbons (Fsp3) is 0.533. The van der Waals surface area contributed by atoms with Crippen LogP contribution in [0.1, 0.15) is 40.2 Å². The summed E-state index contributed by atoms with van der Waals surface area (Å²) >= 11 is 6.59. The molecule has 5 nitrogen and oxygen atoms in total. The molecule has 0 aliphatic heterocycles. The van der Waals surface area contributed by atoms with E-state index in [-0.39, 0.29) is 4.90 Å². The molecule has 0 spiro atoms. The van der Waals surface area contributed by atoms with E-state index in [9.17, 15) is 13.2 Å². The third-order valence-electron chi connectivity index (χ3n) is 2.75. The lowest BCUT2D eigenvalue weighted by molar-refractivity contribution is -0.160. The van der Waals surface area contributed by atoms with E-state index in [1.165, 1.54) is 19.9 Å². The van der Waals surface area contributed by atoms with Gasteiger partial charge in [-0.15, -0.1) is 0 Å². The number of carbonyl (C=O) groups is 1. The molecule has 0 radical (unpaired) electrons. The van der Waals surface area contributed by atoms with Gasteiger partial charge in [0.2, 0.25) is 10.0 Å². The van der Waals surface area contributed by atoms with Crippen molar-refractivity contribution in [3.63, 3.8) is 0 Å². The molecule has 0 unspecified atom stereocenters. The van der Waals surface area contributed by atoms with Crippen LogP contribution in [-0.2, 0) is 24.9 Å². The van der Waals surface area contributed by atoms with E-state index in [1.807, 2.05) is 0 Å². The number of rotatable bonds is 5. The molecule has 8 heteroatoms. The second kappa shape index (κ2) is 7.21. The van der Waals surface area contributed by atoms with Gasteiger partial charge in [0.25, 0.3) is 0 Å². The standard InChI is InChI=1S/C15H21Br2NO4S/c1-14(2,3)22-13(19)15(4,5)18-23(20,21)12-7-6-11(17)8-10(12)9-16/h6-8,18H,9H2,1-5H3. The second-order valence-electron chi connectivity index (χ2n) is 6.62. The molecule has 1 aromatic rings. The number of hydrogen-bond acceptors (Lipinski definition) is 4. The van der Waals surface area contributed by atoms with E-state index in [4.69, 9.17) is 4.74 Å². The maximum Gasteiger partial charge on any atom is 0.327 e.